The SMILES string of the molecule is Cc1ccc(OC[C@@H]2CCCN(Cc3cscn3)C2)cc1. The van der Waals surface area contributed by atoms with Gasteiger partial charge in [-0.2, -0.15) is 0 Å². The van der Waals surface area contributed by atoms with E-state index in [1.807, 2.05) is 5.51 Å². The van der Waals surface area contributed by atoms with Gasteiger partial charge in [0.15, 0.2) is 0 Å². The molecule has 0 spiro atoms. The molecule has 1 aliphatic heterocycles. The largest absolute Gasteiger partial charge is 0.493 e. The number of aromatic nitrogens is 1. The number of benzene rings is 1. The fourth-order valence-electron chi connectivity index (χ4n) is 2.82. The van der Waals surface area contributed by atoms with Crippen LogP contribution in [0.5, 0.6) is 5.75 Å². The Kier molecular flexibility index (Phi) is 4.88. The first-order chi connectivity index (χ1) is 10.3. The van der Waals surface area contributed by atoms with Crippen LogP contribution in [0.3, 0.4) is 0 Å². The zero-order valence-electron chi connectivity index (χ0n) is 12.5. The number of ether oxygens (including phenoxy) is 1. The highest BCUT2D eigenvalue weighted by atomic mass is 32.1. The van der Waals surface area contributed by atoms with E-state index in [0.717, 1.165) is 25.4 Å². The summed E-state index contributed by atoms with van der Waals surface area (Å²) in [6, 6.07) is 8.33. The lowest BCUT2D eigenvalue weighted by Crippen LogP contribution is -2.37. The molecule has 1 atom stereocenters. The fraction of sp³-hybridized carbons (Fsp3) is 0.471. The van der Waals surface area contributed by atoms with E-state index in [4.69, 9.17) is 4.74 Å². The number of thiazole rings is 1. The minimum atomic E-state index is 0.624. The van der Waals surface area contributed by atoms with Gasteiger partial charge in [-0.3, -0.25) is 4.90 Å². The van der Waals surface area contributed by atoms with Crippen LogP contribution in [0.1, 0.15) is 24.1 Å². The van der Waals surface area contributed by atoms with Gasteiger partial charge in [0.1, 0.15) is 5.75 Å². The van der Waals surface area contributed by atoms with Gasteiger partial charge in [-0.1, -0.05) is 17.7 Å². The second kappa shape index (κ2) is 7.05. The van der Waals surface area contributed by atoms with E-state index < -0.39 is 0 Å². The zero-order chi connectivity index (χ0) is 14.5. The van der Waals surface area contributed by atoms with Crippen LogP contribution in [0, 0.1) is 12.8 Å². The van der Waals surface area contributed by atoms with Crippen LogP contribution >= 0.6 is 11.3 Å². The van der Waals surface area contributed by atoms with E-state index >= 15 is 0 Å². The average Bonchev–Trinajstić information content (AvgIpc) is 3.00. The van der Waals surface area contributed by atoms with Gasteiger partial charge in [-0.05, 0) is 38.4 Å². The number of nitrogens with zero attached hydrogens (tertiary/aromatic N) is 2. The Morgan fingerprint density at radius 1 is 1.33 bits per heavy atom. The molecule has 1 aromatic carbocycles. The quantitative estimate of drug-likeness (QED) is 0.841. The lowest BCUT2D eigenvalue weighted by Gasteiger charge is -2.32. The minimum Gasteiger partial charge on any atom is -0.493 e. The molecule has 21 heavy (non-hydrogen) atoms. The number of hydrogen-bond donors (Lipinski definition) is 0. The van der Waals surface area contributed by atoms with Crippen molar-refractivity contribution in [3.05, 3.63) is 46.4 Å². The summed E-state index contributed by atoms with van der Waals surface area (Å²) in [7, 11) is 0. The molecule has 0 aliphatic carbocycles. The van der Waals surface area contributed by atoms with Gasteiger partial charge in [-0.15, -0.1) is 11.3 Å². The topological polar surface area (TPSA) is 25.4 Å². The van der Waals surface area contributed by atoms with Gasteiger partial charge < -0.3 is 4.74 Å². The first-order valence-electron chi connectivity index (χ1n) is 7.58. The predicted octanol–water partition coefficient (Wildman–Crippen LogP) is 3.74. The van der Waals surface area contributed by atoms with Crippen LogP contribution in [0.2, 0.25) is 0 Å². The fourth-order valence-corrected chi connectivity index (χ4v) is 3.37. The highest BCUT2D eigenvalue weighted by Gasteiger charge is 2.20. The Bertz CT molecular complexity index is 538. The molecule has 0 N–H and O–H groups in total. The first-order valence-corrected chi connectivity index (χ1v) is 8.53. The van der Waals surface area contributed by atoms with Gasteiger partial charge >= 0.3 is 0 Å². The number of aryl methyl sites for hydroxylation is 1. The Morgan fingerprint density at radius 3 is 2.95 bits per heavy atom. The Balaban J connectivity index is 1.48. The molecule has 1 saturated heterocycles. The molecule has 0 unspecified atom stereocenters. The third kappa shape index (κ3) is 4.29. The summed E-state index contributed by atoms with van der Waals surface area (Å²) < 4.78 is 5.94. The van der Waals surface area contributed by atoms with Crippen LogP contribution in [0.15, 0.2) is 35.2 Å². The Labute approximate surface area is 130 Å². The second-order valence-electron chi connectivity index (χ2n) is 5.85. The normalized spacial score (nSPS) is 19.6. The van der Waals surface area contributed by atoms with Crippen molar-refractivity contribution in [3.63, 3.8) is 0 Å². The summed E-state index contributed by atoms with van der Waals surface area (Å²) in [6.45, 7) is 6.18. The smallest absolute Gasteiger partial charge is 0.119 e. The van der Waals surface area contributed by atoms with E-state index in [1.165, 1.54) is 30.6 Å². The van der Waals surface area contributed by atoms with Gasteiger partial charge in [0.05, 0.1) is 17.8 Å². The summed E-state index contributed by atoms with van der Waals surface area (Å²) in [5, 5.41) is 2.15. The van der Waals surface area contributed by atoms with Crippen LogP contribution < -0.4 is 4.74 Å². The lowest BCUT2D eigenvalue weighted by molar-refractivity contribution is 0.124. The van der Waals surface area contributed by atoms with Gasteiger partial charge in [0.2, 0.25) is 0 Å². The van der Waals surface area contributed by atoms with Crippen molar-refractivity contribution in [1.29, 1.82) is 0 Å². The molecule has 1 aliphatic rings. The van der Waals surface area contributed by atoms with Crippen molar-refractivity contribution in [1.82, 2.24) is 9.88 Å². The Hall–Kier alpha value is -1.39. The third-order valence-corrected chi connectivity index (χ3v) is 4.61. The van der Waals surface area contributed by atoms with Crippen LogP contribution in [-0.2, 0) is 6.54 Å². The molecule has 3 rings (SSSR count). The van der Waals surface area contributed by atoms with E-state index in [1.54, 1.807) is 11.3 Å². The highest BCUT2D eigenvalue weighted by molar-refractivity contribution is 7.07. The molecule has 1 fully saturated rings. The van der Waals surface area contributed by atoms with Gasteiger partial charge in [0, 0.05) is 24.4 Å². The summed E-state index contributed by atoms with van der Waals surface area (Å²) >= 11 is 1.68. The zero-order valence-corrected chi connectivity index (χ0v) is 13.3. The van der Waals surface area contributed by atoms with Crippen LogP contribution in [0.4, 0.5) is 0 Å². The van der Waals surface area contributed by atoms with Crippen molar-refractivity contribution < 1.29 is 4.74 Å². The second-order valence-corrected chi connectivity index (χ2v) is 6.57. The van der Waals surface area contributed by atoms with Crippen molar-refractivity contribution in [3.8, 4) is 5.75 Å². The monoisotopic (exact) mass is 302 g/mol. The van der Waals surface area contributed by atoms with Crippen molar-refractivity contribution in [2.75, 3.05) is 19.7 Å². The molecule has 3 nitrogen and oxygen atoms in total. The molecule has 1 aromatic heterocycles. The maximum absolute atomic E-state index is 5.94. The molecule has 4 heteroatoms. The summed E-state index contributed by atoms with van der Waals surface area (Å²) in [6.07, 6.45) is 2.52. The van der Waals surface area contributed by atoms with Crippen molar-refractivity contribution in [2.24, 2.45) is 5.92 Å². The van der Waals surface area contributed by atoms with E-state index in [-0.39, 0.29) is 0 Å². The minimum absolute atomic E-state index is 0.624. The molecule has 0 saturated carbocycles. The maximum atomic E-state index is 5.94. The van der Waals surface area contributed by atoms with Crippen LogP contribution in [0.25, 0.3) is 0 Å². The summed E-state index contributed by atoms with van der Waals surface area (Å²) in [5.74, 6) is 1.61. The third-order valence-electron chi connectivity index (χ3n) is 3.98. The van der Waals surface area contributed by atoms with E-state index in [2.05, 4.69) is 46.5 Å². The molecule has 0 radical (unpaired) electrons. The van der Waals surface area contributed by atoms with Crippen molar-refractivity contribution >= 4 is 11.3 Å². The Morgan fingerprint density at radius 2 is 2.19 bits per heavy atom. The molecule has 2 aromatic rings. The molecule has 2 heterocycles. The molecule has 0 bridgehead atoms. The molecular weight excluding hydrogens is 280 g/mol. The van der Waals surface area contributed by atoms with E-state index in [9.17, 15) is 0 Å². The molecule has 0 amide bonds. The average molecular weight is 302 g/mol. The van der Waals surface area contributed by atoms with Crippen molar-refractivity contribution in [2.45, 2.75) is 26.3 Å². The maximum Gasteiger partial charge on any atom is 0.119 e. The lowest BCUT2D eigenvalue weighted by atomic mass is 9.99. The predicted molar refractivity (Wildman–Crippen MR) is 86.8 cm³/mol. The first kappa shape index (κ1) is 14.5. The number of piperidine rings is 1. The number of hydrogen-bond acceptors (Lipinski definition) is 4. The van der Waals surface area contributed by atoms with Gasteiger partial charge in [-0.25, -0.2) is 4.98 Å². The standard InChI is InChI=1S/C17H22N2OS/c1-14-4-6-17(7-5-14)20-11-15-3-2-8-19(9-15)10-16-12-21-13-18-16/h4-7,12-13,15H,2-3,8-11H2,1H3/t15-/m1/s1. The molecular formula is C17H22N2OS. The number of likely N-dealkylation sites (tertiary alicyclic amines) is 1. The van der Waals surface area contributed by atoms with E-state index in [0.29, 0.717) is 5.92 Å². The summed E-state index contributed by atoms with van der Waals surface area (Å²) in [5.41, 5.74) is 4.38. The molecule has 112 valence electrons. The summed E-state index contributed by atoms with van der Waals surface area (Å²) in [4.78, 5) is 6.88. The van der Waals surface area contributed by atoms with Crippen LogP contribution in [-0.4, -0.2) is 29.6 Å². The van der Waals surface area contributed by atoms with Gasteiger partial charge in [0.25, 0.3) is 0 Å². The highest BCUT2D eigenvalue weighted by Crippen LogP contribution is 2.20. The number of rotatable bonds is 5.